The number of benzene rings is 2. The Morgan fingerprint density at radius 2 is 1.14 bits per heavy atom. The molecular formula is C27H30O15. The standard InChI is InChI=1S/C27H30O15/c28-6-12-17(32)21(36)23(38)26(41-12)15-19(34)14-10(31)5-11(8-1-3-9(30)4-2-8)40-25(14)16(20(15)35)27-24(39)22(37)18(33)13(7-29)42-27/h1-5,12-13,17-18,21-24,26-30,32-39H,6-7H2/t12-,13-,17+,18+,21-,22+,23-,24+,26+,27+/m1/s1. The summed E-state index contributed by atoms with van der Waals surface area (Å²) in [5.74, 6) is -2.20. The lowest BCUT2D eigenvalue weighted by atomic mass is 9.85. The molecule has 0 radical (unpaired) electrons. The second kappa shape index (κ2) is 11.4. The maximum atomic E-state index is 13.5. The van der Waals surface area contributed by atoms with Crippen molar-refractivity contribution in [2.24, 2.45) is 0 Å². The molecule has 2 fully saturated rings. The van der Waals surface area contributed by atoms with Gasteiger partial charge in [0.25, 0.3) is 0 Å². The van der Waals surface area contributed by atoms with Crippen molar-refractivity contribution < 1.29 is 70.1 Å². The molecule has 15 heteroatoms. The third-order valence-electron chi connectivity index (χ3n) is 7.70. The molecule has 11 N–H and O–H groups in total. The highest BCUT2D eigenvalue weighted by molar-refractivity contribution is 5.92. The first-order valence-corrected chi connectivity index (χ1v) is 12.9. The van der Waals surface area contributed by atoms with Crippen LogP contribution in [0.5, 0.6) is 17.2 Å². The largest absolute Gasteiger partial charge is 0.508 e. The minimum Gasteiger partial charge on any atom is -0.508 e. The average molecular weight is 595 g/mol. The van der Waals surface area contributed by atoms with E-state index in [1.54, 1.807) is 0 Å². The number of phenols is 3. The quantitative estimate of drug-likeness (QED) is 0.147. The Labute approximate surface area is 235 Å². The zero-order valence-electron chi connectivity index (χ0n) is 21.6. The van der Waals surface area contributed by atoms with E-state index in [9.17, 15) is 61.0 Å². The number of hydrogen-bond donors (Lipinski definition) is 11. The van der Waals surface area contributed by atoms with Crippen molar-refractivity contribution in [3.05, 3.63) is 51.7 Å². The number of aliphatic hydroxyl groups is 8. The van der Waals surface area contributed by atoms with Crippen LogP contribution in [0.25, 0.3) is 22.3 Å². The smallest absolute Gasteiger partial charge is 0.197 e. The number of aliphatic hydroxyl groups excluding tert-OH is 8. The van der Waals surface area contributed by atoms with Gasteiger partial charge in [0.1, 0.15) is 89.4 Å². The Kier molecular flexibility index (Phi) is 8.16. The fourth-order valence-corrected chi connectivity index (χ4v) is 5.39. The van der Waals surface area contributed by atoms with Crippen LogP contribution in [0.2, 0.25) is 0 Å². The molecule has 0 aliphatic carbocycles. The van der Waals surface area contributed by atoms with Gasteiger partial charge in [-0.05, 0) is 24.3 Å². The predicted octanol–water partition coefficient (Wildman–Crippen LogP) is -2.39. The van der Waals surface area contributed by atoms with Gasteiger partial charge in [0.2, 0.25) is 0 Å². The Morgan fingerprint density at radius 3 is 1.64 bits per heavy atom. The van der Waals surface area contributed by atoms with Gasteiger partial charge in [0.05, 0.1) is 24.3 Å². The number of phenolic OH excluding ortho intramolecular Hbond substituents is 3. The molecule has 3 aromatic rings. The van der Waals surface area contributed by atoms with E-state index in [2.05, 4.69) is 0 Å². The van der Waals surface area contributed by atoms with Crippen LogP contribution in [0.3, 0.4) is 0 Å². The van der Waals surface area contributed by atoms with Crippen LogP contribution in [0.15, 0.2) is 39.5 Å². The molecule has 42 heavy (non-hydrogen) atoms. The normalized spacial score (nSPS) is 33.6. The minimum atomic E-state index is -2.02. The highest BCUT2D eigenvalue weighted by Crippen LogP contribution is 2.51. The Morgan fingerprint density at radius 1 is 0.643 bits per heavy atom. The molecule has 1 aromatic heterocycles. The molecule has 5 rings (SSSR count). The van der Waals surface area contributed by atoms with Crippen LogP contribution < -0.4 is 5.43 Å². The van der Waals surface area contributed by atoms with E-state index in [0.717, 1.165) is 6.07 Å². The molecule has 228 valence electrons. The summed E-state index contributed by atoms with van der Waals surface area (Å²) in [6.07, 6.45) is -18.2. The van der Waals surface area contributed by atoms with Crippen LogP contribution >= 0.6 is 0 Å². The van der Waals surface area contributed by atoms with Crippen molar-refractivity contribution in [2.75, 3.05) is 13.2 Å². The number of rotatable bonds is 5. The summed E-state index contributed by atoms with van der Waals surface area (Å²) >= 11 is 0. The zero-order chi connectivity index (χ0) is 30.6. The van der Waals surface area contributed by atoms with Gasteiger partial charge in [0.15, 0.2) is 11.0 Å². The molecule has 0 saturated carbocycles. The molecule has 0 unspecified atom stereocenters. The lowest BCUT2D eigenvalue weighted by Crippen LogP contribution is -2.55. The summed E-state index contributed by atoms with van der Waals surface area (Å²) in [5, 5.41) is 114. The first-order chi connectivity index (χ1) is 19.9. The molecule has 2 saturated heterocycles. The molecule has 0 spiro atoms. The van der Waals surface area contributed by atoms with Gasteiger partial charge >= 0.3 is 0 Å². The van der Waals surface area contributed by atoms with E-state index in [1.165, 1.54) is 24.3 Å². The molecule has 2 aromatic carbocycles. The highest BCUT2D eigenvalue weighted by atomic mass is 16.6. The molecule has 2 aliphatic rings. The van der Waals surface area contributed by atoms with Crippen molar-refractivity contribution >= 4 is 11.0 Å². The van der Waals surface area contributed by atoms with Gasteiger partial charge in [0, 0.05) is 11.6 Å². The van der Waals surface area contributed by atoms with Crippen LogP contribution in [0, 0.1) is 0 Å². The Hall–Kier alpha value is -3.35. The minimum absolute atomic E-state index is 0.0941. The van der Waals surface area contributed by atoms with Gasteiger partial charge in [-0.1, -0.05) is 0 Å². The van der Waals surface area contributed by atoms with Crippen molar-refractivity contribution in [3.8, 4) is 28.6 Å². The van der Waals surface area contributed by atoms with E-state index < -0.39 is 113 Å². The van der Waals surface area contributed by atoms with Gasteiger partial charge in [-0.3, -0.25) is 4.79 Å². The van der Waals surface area contributed by atoms with E-state index in [1.807, 2.05) is 0 Å². The molecule has 15 nitrogen and oxygen atoms in total. The number of hydrogen-bond acceptors (Lipinski definition) is 15. The maximum Gasteiger partial charge on any atom is 0.197 e. The highest BCUT2D eigenvalue weighted by Gasteiger charge is 2.50. The van der Waals surface area contributed by atoms with Crippen LogP contribution in [-0.4, -0.2) is 118 Å². The maximum absolute atomic E-state index is 13.5. The van der Waals surface area contributed by atoms with Gasteiger partial charge < -0.3 is 70.1 Å². The van der Waals surface area contributed by atoms with Crippen LogP contribution in [-0.2, 0) is 9.47 Å². The summed E-state index contributed by atoms with van der Waals surface area (Å²) < 4.78 is 17.0. The van der Waals surface area contributed by atoms with Crippen LogP contribution in [0.1, 0.15) is 23.3 Å². The topological polar surface area (TPSA) is 271 Å². The monoisotopic (exact) mass is 594 g/mol. The number of aromatic hydroxyl groups is 3. The Balaban J connectivity index is 1.82. The van der Waals surface area contributed by atoms with Crippen molar-refractivity contribution in [1.29, 1.82) is 0 Å². The number of fused-ring (bicyclic) bond motifs is 1. The summed E-state index contributed by atoms with van der Waals surface area (Å²) in [6.45, 7) is -1.70. The fourth-order valence-electron chi connectivity index (χ4n) is 5.39. The molecular weight excluding hydrogens is 564 g/mol. The second-order valence-electron chi connectivity index (χ2n) is 10.2. The fraction of sp³-hybridized carbons (Fsp3) is 0.444. The molecule has 10 atom stereocenters. The first-order valence-electron chi connectivity index (χ1n) is 12.9. The van der Waals surface area contributed by atoms with Gasteiger partial charge in [-0.15, -0.1) is 0 Å². The SMILES string of the molecule is O=c1cc(-c2ccc(O)cc2)oc2c([C@@H]3O[C@H](CO)[C@H](O)[C@H](O)[C@@H]3O)c(O)c([C@@H]3O[C@H](CO)[C@H](O)[C@@H](O)[C@H]3O)c(O)c12. The van der Waals surface area contributed by atoms with Gasteiger partial charge in [-0.2, -0.15) is 0 Å². The summed E-state index contributed by atoms with van der Waals surface area (Å²) in [6, 6.07) is 6.37. The van der Waals surface area contributed by atoms with Gasteiger partial charge in [-0.25, -0.2) is 0 Å². The molecule has 0 amide bonds. The predicted molar refractivity (Wildman–Crippen MR) is 138 cm³/mol. The lowest BCUT2D eigenvalue weighted by molar-refractivity contribution is -0.234. The van der Waals surface area contributed by atoms with E-state index in [-0.39, 0.29) is 17.1 Å². The molecule has 3 heterocycles. The average Bonchev–Trinajstić information content (AvgIpc) is 2.97. The van der Waals surface area contributed by atoms with Crippen LogP contribution in [0.4, 0.5) is 0 Å². The van der Waals surface area contributed by atoms with E-state index in [4.69, 9.17) is 13.9 Å². The summed E-state index contributed by atoms with van der Waals surface area (Å²) in [7, 11) is 0. The van der Waals surface area contributed by atoms with Crippen molar-refractivity contribution in [3.63, 3.8) is 0 Å². The van der Waals surface area contributed by atoms with E-state index in [0.29, 0.717) is 0 Å². The number of ether oxygens (including phenoxy) is 2. The molecule has 2 aliphatic heterocycles. The Bertz CT molecular complexity index is 1500. The second-order valence-corrected chi connectivity index (χ2v) is 10.2. The lowest BCUT2D eigenvalue weighted by Gasteiger charge is -2.42. The third-order valence-corrected chi connectivity index (χ3v) is 7.70. The summed E-state index contributed by atoms with van der Waals surface area (Å²) in [4.78, 5) is 13.5. The van der Waals surface area contributed by atoms with E-state index >= 15 is 0 Å². The van der Waals surface area contributed by atoms with Crippen molar-refractivity contribution in [2.45, 2.75) is 61.0 Å². The summed E-state index contributed by atoms with van der Waals surface area (Å²) in [5.41, 5.74) is -2.48. The third kappa shape index (κ3) is 4.79. The first kappa shape index (κ1) is 30.1. The van der Waals surface area contributed by atoms with Crippen molar-refractivity contribution in [1.82, 2.24) is 0 Å². The molecule has 0 bridgehead atoms. The zero-order valence-corrected chi connectivity index (χ0v) is 21.6.